The molecule has 0 amide bonds. The van der Waals surface area contributed by atoms with Crippen molar-refractivity contribution >= 4 is 5.78 Å². The second-order valence-electron chi connectivity index (χ2n) is 7.34. The van der Waals surface area contributed by atoms with Crippen molar-refractivity contribution in [3.05, 3.63) is 27.7 Å². The minimum Gasteiger partial charge on any atom is -0.504 e. The summed E-state index contributed by atoms with van der Waals surface area (Å²) in [6.07, 6.45) is 0. The summed E-state index contributed by atoms with van der Waals surface area (Å²) in [5, 5.41) is 13.9. The van der Waals surface area contributed by atoms with Crippen LogP contribution in [0.25, 0.3) is 10.4 Å². The first kappa shape index (κ1) is 17.9. The van der Waals surface area contributed by atoms with Gasteiger partial charge in [0.05, 0.1) is 11.4 Å². The molecule has 0 fully saturated rings. The average Bonchev–Trinajstić information content (AvgIpc) is 2.35. The lowest BCUT2D eigenvalue weighted by atomic mass is 9.85. The Morgan fingerprint density at radius 3 is 1.86 bits per heavy atom. The Bertz CT molecular complexity index is 599. The van der Waals surface area contributed by atoms with E-state index in [-0.39, 0.29) is 11.6 Å². The van der Waals surface area contributed by atoms with E-state index < -0.39 is 22.7 Å². The predicted molar refractivity (Wildman–Crippen MR) is 84.0 cm³/mol. The summed E-state index contributed by atoms with van der Waals surface area (Å²) in [6.45, 7) is 12.9. The minimum atomic E-state index is -0.893. The van der Waals surface area contributed by atoms with Gasteiger partial charge in [-0.05, 0) is 12.5 Å². The van der Waals surface area contributed by atoms with Crippen molar-refractivity contribution in [2.45, 2.75) is 65.3 Å². The number of carbonyl (C=O) groups is 1. The molecule has 1 unspecified atom stereocenters. The fraction of sp³-hybridized carbons (Fsp3) is 0.667. The maximum absolute atomic E-state index is 12.3. The molecule has 7 heteroatoms. The molecule has 7 nitrogen and oxygen atoms in total. The highest BCUT2D eigenvalue weighted by molar-refractivity contribution is 5.96. The summed E-state index contributed by atoms with van der Waals surface area (Å²) < 4.78 is 0. The van der Waals surface area contributed by atoms with Crippen LogP contribution in [-0.2, 0) is 10.8 Å². The highest BCUT2D eigenvalue weighted by atomic mass is 16.3. The van der Waals surface area contributed by atoms with E-state index >= 15 is 0 Å². The van der Waals surface area contributed by atoms with Crippen LogP contribution in [0.5, 0.6) is 5.75 Å². The maximum Gasteiger partial charge on any atom is 0.208 e. The van der Waals surface area contributed by atoms with E-state index in [4.69, 9.17) is 5.53 Å². The zero-order chi connectivity index (χ0) is 17.3. The predicted octanol–water partition coefficient (Wildman–Crippen LogP) is 3.66. The second kappa shape index (κ2) is 5.93. The number of carbonyl (C=O) groups excluding carboxylic acids is 1. The van der Waals surface area contributed by atoms with Gasteiger partial charge < -0.3 is 5.11 Å². The third kappa shape index (κ3) is 3.74. The molecule has 0 aliphatic carbocycles. The fourth-order valence-corrected chi connectivity index (χ4v) is 1.93. The molecule has 1 heterocycles. The van der Waals surface area contributed by atoms with Crippen LogP contribution in [0.2, 0.25) is 0 Å². The van der Waals surface area contributed by atoms with E-state index in [0.717, 1.165) is 0 Å². The Balaban J connectivity index is 3.61. The Labute approximate surface area is 130 Å². The lowest BCUT2D eigenvalue weighted by Gasteiger charge is -2.26. The van der Waals surface area contributed by atoms with Crippen molar-refractivity contribution in [3.8, 4) is 5.75 Å². The SMILES string of the molecule is CC(N=[N+]=[N-])C(=O)c1nc(C(C)(C)C)c(O)c(C(C)(C)C)n1. The lowest BCUT2D eigenvalue weighted by molar-refractivity contribution is 0.0956. The largest absolute Gasteiger partial charge is 0.504 e. The second-order valence-corrected chi connectivity index (χ2v) is 7.34. The normalized spacial score (nSPS) is 13.4. The highest BCUT2D eigenvalue weighted by Crippen LogP contribution is 2.36. The molecular formula is C15H23N5O2. The van der Waals surface area contributed by atoms with Crippen LogP contribution in [0.3, 0.4) is 0 Å². The first-order chi connectivity index (χ1) is 9.89. The number of hydrogen-bond donors (Lipinski definition) is 1. The van der Waals surface area contributed by atoms with Crippen LogP contribution >= 0.6 is 0 Å². The molecular weight excluding hydrogens is 282 g/mol. The molecule has 0 aliphatic heterocycles. The number of aromatic nitrogens is 2. The van der Waals surface area contributed by atoms with Crippen molar-refractivity contribution in [2.75, 3.05) is 0 Å². The van der Waals surface area contributed by atoms with Crippen molar-refractivity contribution in [1.82, 2.24) is 9.97 Å². The Kier molecular flexibility index (Phi) is 4.82. The van der Waals surface area contributed by atoms with Gasteiger partial charge in [-0.3, -0.25) is 4.79 Å². The van der Waals surface area contributed by atoms with Gasteiger partial charge in [0.15, 0.2) is 11.6 Å². The van der Waals surface area contributed by atoms with Gasteiger partial charge in [0.2, 0.25) is 5.78 Å². The molecule has 0 radical (unpaired) electrons. The topological polar surface area (TPSA) is 112 Å². The van der Waals surface area contributed by atoms with Crippen LogP contribution in [-0.4, -0.2) is 26.9 Å². The molecule has 1 N–H and O–H groups in total. The standard InChI is InChI=1S/C15H23N5O2/c1-8(19-20-16)9(21)13-17-11(14(2,3)4)10(22)12(18-13)15(5,6)7/h8,22H,1-7H3. The van der Waals surface area contributed by atoms with Gasteiger partial charge in [-0.2, -0.15) is 0 Å². The first-order valence-electron chi connectivity index (χ1n) is 7.10. The molecule has 0 bridgehead atoms. The summed E-state index contributed by atoms with van der Waals surface area (Å²) in [5.41, 5.74) is 8.37. The van der Waals surface area contributed by atoms with Crippen molar-refractivity contribution in [1.29, 1.82) is 0 Å². The number of hydrogen-bond acceptors (Lipinski definition) is 5. The molecule has 0 aromatic carbocycles. The molecule has 0 saturated carbocycles. The summed E-state index contributed by atoms with van der Waals surface area (Å²) in [5.74, 6) is -0.491. The van der Waals surface area contributed by atoms with Gasteiger partial charge in [0, 0.05) is 15.7 Å². The first-order valence-corrected chi connectivity index (χ1v) is 7.10. The van der Waals surface area contributed by atoms with Crippen LogP contribution in [0, 0.1) is 0 Å². The zero-order valence-electron chi connectivity index (χ0n) is 14.2. The number of Topliss-reactive ketones (excluding diaryl/α,β-unsaturated/α-hetero) is 1. The van der Waals surface area contributed by atoms with E-state index in [2.05, 4.69) is 20.0 Å². The van der Waals surface area contributed by atoms with Crippen LogP contribution < -0.4 is 0 Å². The van der Waals surface area contributed by atoms with Gasteiger partial charge >= 0.3 is 0 Å². The lowest BCUT2D eigenvalue weighted by Crippen LogP contribution is -2.26. The Morgan fingerprint density at radius 1 is 1.14 bits per heavy atom. The fourth-order valence-electron chi connectivity index (χ4n) is 1.93. The molecule has 120 valence electrons. The molecule has 1 aromatic heterocycles. The Hall–Kier alpha value is -2.14. The molecule has 0 aliphatic rings. The number of aromatic hydroxyl groups is 1. The van der Waals surface area contributed by atoms with Gasteiger partial charge in [-0.25, -0.2) is 9.97 Å². The number of rotatable bonds is 3. The van der Waals surface area contributed by atoms with Gasteiger partial charge in [-0.15, -0.1) is 0 Å². The van der Waals surface area contributed by atoms with Crippen LogP contribution in [0.1, 0.15) is 70.5 Å². The molecule has 0 saturated heterocycles. The zero-order valence-corrected chi connectivity index (χ0v) is 14.2. The van der Waals surface area contributed by atoms with Gasteiger partial charge in [0.25, 0.3) is 0 Å². The highest BCUT2D eigenvalue weighted by Gasteiger charge is 2.31. The van der Waals surface area contributed by atoms with E-state index in [1.807, 2.05) is 41.5 Å². The summed E-state index contributed by atoms with van der Waals surface area (Å²) >= 11 is 0. The Morgan fingerprint density at radius 2 is 1.55 bits per heavy atom. The van der Waals surface area contributed by atoms with Crippen LogP contribution in [0.4, 0.5) is 0 Å². The molecule has 1 atom stereocenters. The van der Waals surface area contributed by atoms with Gasteiger partial charge in [-0.1, -0.05) is 46.7 Å². The summed E-state index contributed by atoms with van der Waals surface area (Å²) in [7, 11) is 0. The third-order valence-electron chi connectivity index (χ3n) is 3.13. The average molecular weight is 305 g/mol. The number of ketones is 1. The monoisotopic (exact) mass is 305 g/mol. The van der Waals surface area contributed by atoms with E-state index in [1.54, 1.807) is 0 Å². The van der Waals surface area contributed by atoms with Crippen molar-refractivity contribution in [3.63, 3.8) is 0 Å². The molecule has 1 rings (SSSR count). The van der Waals surface area contributed by atoms with E-state index in [9.17, 15) is 9.90 Å². The number of azide groups is 1. The molecule has 22 heavy (non-hydrogen) atoms. The summed E-state index contributed by atoms with van der Waals surface area (Å²) in [6, 6.07) is -0.893. The van der Waals surface area contributed by atoms with Crippen molar-refractivity contribution < 1.29 is 9.90 Å². The molecule has 0 spiro atoms. The quantitative estimate of drug-likeness (QED) is 0.397. The summed E-state index contributed by atoms with van der Waals surface area (Å²) in [4.78, 5) is 23.4. The van der Waals surface area contributed by atoms with Gasteiger partial charge in [0.1, 0.15) is 6.04 Å². The minimum absolute atomic E-state index is 0.00740. The van der Waals surface area contributed by atoms with Crippen LogP contribution in [0.15, 0.2) is 5.11 Å². The smallest absolute Gasteiger partial charge is 0.208 e. The molecule has 1 aromatic rings. The van der Waals surface area contributed by atoms with Crippen molar-refractivity contribution in [2.24, 2.45) is 5.11 Å². The maximum atomic E-state index is 12.3. The third-order valence-corrected chi connectivity index (χ3v) is 3.13. The van der Waals surface area contributed by atoms with E-state index in [1.165, 1.54) is 6.92 Å². The number of nitrogens with zero attached hydrogens (tertiary/aromatic N) is 5. The van der Waals surface area contributed by atoms with E-state index in [0.29, 0.717) is 11.4 Å².